The van der Waals surface area contributed by atoms with Gasteiger partial charge in [-0.1, -0.05) is 24.3 Å². The summed E-state index contributed by atoms with van der Waals surface area (Å²) in [7, 11) is 0. The van der Waals surface area contributed by atoms with Crippen LogP contribution in [0.15, 0.2) is 48.5 Å². The summed E-state index contributed by atoms with van der Waals surface area (Å²) >= 11 is 5.14. The predicted molar refractivity (Wildman–Crippen MR) is 90.8 cm³/mol. The van der Waals surface area contributed by atoms with Crippen molar-refractivity contribution in [1.82, 2.24) is 10.6 Å². The number of hydrogen-bond donors (Lipinski definition) is 2. The fraction of sp³-hybridized carbons (Fsp3) is 0.176. The van der Waals surface area contributed by atoms with Crippen molar-refractivity contribution < 1.29 is 14.3 Å². The van der Waals surface area contributed by atoms with Crippen LogP contribution in [0.1, 0.15) is 15.9 Å². The molecule has 6 heteroatoms. The highest BCUT2D eigenvalue weighted by Crippen LogP contribution is 2.32. The molecule has 0 unspecified atom stereocenters. The van der Waals surface area contributed by atoms with Crippen LogP contribution in [0.4, 0.5) is 0 Å². The Morgan fingerprint density at radius 1 is 1.09 bits per heavy atom. The highest BCUT2D eigenvalue weighted by Gasteiger charge is 2.13. The molecule has 0 saturated heterocycles. The van der Waals surface area contributed by atoms with Gasteiger partial charge in [0.2, 0.25) is 6.79 Å². The van der Waals surface area contributed by atoms with Crippen LogP contribution in [0, 0.1) is 0 Å². The number of carbonyl (C=O) groups is 1. The number of amides is 1. The van der Waals surface area contributed by atoms with Crippen LogP contribution in [0.5, 0.6) is 11.5 Å². The van der Waals surface area contributed by atoms with Crippen LogP contribution in [0.25, 0.3) is 0 Å². The summed E-state index contributed by atoms with van der Waals surface area (Å²) in [4.78, 5) is 11.9. The molecular weight excluding hydrogens is 312 g/mol. The molecule has 0 radical (unpaired) electrons. The van der Waals surface area contributed by atoms with E-state index < -0.39 is 0 Å². The van der Waals surface area contributed by atoms with E-state index in [9.17, 15) is 4.79 Å². The molecule has 0 atom stereocenters. The van der Waals surface area contributed by atoms with Crippen LogP contribution in [-0.2, 0) is 6.42 Å². The zero-order valence-electron chi connectivity index (χ0n) is 12.4. The molecule has 2 aromatic rings. The molecule has 118 valence electrons. The minimum Gasteiger partial charge on any atom is -0.454 e. The molecule has 2 aromatic carbocycles. The lowest BCUT2D eigenvalue weighted by atomic mass is 10.1. The second-order valence-corrected chi connectivity index (χ2v) is 5.42. The topological polar surface area (TPSA) is 59.6 Å². The van der Waals surface area contributed by atoms with Crippen molar-refractivity contribution >= 4 is 23.2 Å². The van der Waals surface area contributed by atoms with E-state index in [0.29, 0.717) is 17.2 Å². The van der Waals surface area contributed by atoms with Gasteiger partial charge < -0.3 is 14.8 Å². The first-order valence-corrected chi connectivity index (χ1v) is 7.66. The average Bonchev–Trinajstić information content (AvgIpc) is 3.03. The minimum atomic E-state index is -0.217. The van der Waals surface area contributed by atoms with Gasteiger partial charge >= 0.3 is 0 Å². The van der Waals surface area contributed by atoms with E-state index in [0.717, 1.165) is 23.5 Å². The quantitative estimate of drug-likeness (QED) is 0.843. The smallest absolute Gasteiger partial charge is 0.257 e. The third kappa shape index (κ3) is 3.98. The van der Waals surface area contributed by atoms with Crippen LogP contribution in [-0.4, -0.2) is 24.4 Å². The Kier molecular flexibility index (Phi) is 4.73. The molecule has 2 N–H and O–H groups in total. The first kappa shape index (κ1) is 15.3. The van der Waals surface area contributed by atoms with Gasteiger partial charge in [0, 0.05) is 12.1 Å². The zero-order valence-corrected chi connectivity index (χ0v) is 13.2. The standard InChI is InChI=1S/C17H16N2O3S/c20-16(13-4-2-1-3-5-13)19-17(23)18-9-8-12-6-7-14-15(10-12)22-11-21-14/h1-7,10H,8-9,11H2,(H2,18,19,20,23). The summed E-state index contributed by atoms with van der Waals surface area (Å²) in [5.41, 5.74) is 1.69. The van der Waals surface area contributed by atoms with Crippen molar-refractivity contribution in [3.63, 3.8) is 0 Å². The molecule has 0 aliphatic carbocycles. The Morgan fingerprint density at radius 2 is 1.87 bits per heavy atom. The number of fused-ring (bicyclic) bond motifs is 1. The van der Waals surface area contributed by atoms with E-state index in [4.69, 9.17) is 21.7 Å². The number of thiocarbonyl (C=S) groups is 1. The van der Waals surface area contributed by atoms with Crippen molar-refractivity contribution in [3.8, 4) is 11.5 Å². The maximum atomic E-state index is 11.9. The first-order chi connectivity index (χ1) is 11.2. The van der Waals surface area contributed by atoms with Gasteiger partial charge in [0.05, 0.1) is 0 Å². The average molecular weight is 328 g/mol. The number of carbonyl (C=O) groups excluding carboxylic acids is 1. The number of ether oxygens (including phenoxy) is 2. The van der Waals surface area contributed by atoms with Gasteiger partial charge in [-0.05, 0) is 48.5 Å². The highest BCUT2D eigenvalue weighted by atomic mass is 32.1. The van der Waals surface area contributed by atoms with Gasteiger partial charge in [-0.15, -0.1) is 0 Å². The lowest BCUT2D eigenvalue weighted by Gasteiger charge is -2.10. The molecule has 0 fully saturated rings. The fourth-order valence-electron chi connectivity index (χ4n) is 2.23. The lowest BCUT2D eigenvalue weighted by Crippen LogP contribution is -2.40. The van der Waals surface area contributed by atoms with Crippen molar-refractivity contribution in [2.75, 3.05) is 13.3 Å². The third-order valence-electron chi connectivity index (χ3n) is 3.40. The zero-order chi connectivity index (χ0) is 16.1. The Balaban J connectivity index is 1.45. The van der Waals surface area contributed by atoms with Gasteiger partial charge in [-0.3, -0.25) is 10.1 Å². The van der Waals surface area contributed by atoms with E-state index in [2.05, 4.69) is 10.6 Å². The molecule has 1 aliphatic rings. The molecule has 1 aliphatic heterocycles. The monoisotopic (exact) mass is 328 g/mol. The second kappa shape index (κ2) is 7.11. The SMILES string of the molecule is O=C(NC(=S)NCCc1ccc2c(c1)OCO2)c1ccccc1. The molecule has 23 heavy (non-hydrogen) atoms. The van der Waals surface area contributed by atoms with E-state index in [1.54, 1.807) is 12.1 Å². The number of nitrogens with one attached hydrogen (secondary N) is 2. The Bertz CT molecular complexity index is 719. The summed E-state index contributed by atoms with van der Waals surface area (Å²) in [5, 5.41) is 6.01. The van der Waals surface area contributed by atoms with Crippen molar-refractivity contribution in [1.29, 1.82) is 0 Å². The number of benzene rings is 2. The second-order valence-electron chi connectivity index (χ2n) is 5.01. The van der Waals surface area contributed by atoms with E-state index in [1.807, 2.05) is 36.4 Å². The number of hydrogen-bond acceptors (Lipinski definition) is 4. The molecule has 3 rings (SSSR count). The maximum absolute atomic E-state index is 11.9. The molecule has 1 heterocycles. The van der Waals surface area contributed by atoms with Crippen LogP contribution >= 0.6 is 12.2 Å². The molecule has 0 spiro atoms. The van der Waals surface area contributed by atoms with Crippen molar-refractivity contribution in [3.05, 3.63) is 59.7 Å². The molecule has 5 nitrogen and oxygen atoms in total. The van der Waals surface area contributed by atoms with Gasteiger partial charge in [0.15, 0.2) is 16.6 Å². The van der Waals surface area contributed by atoms with E-state index >= 15 is 0 Å². The number of rotatable bonds is 4. The minimum absolute atomic E-state index is 0.217. The van der Waals surface area contributed by atoms with E-state index in [-0.39, 0.29) is 12.7 Å². The Morgan fingerprint density at radius 3 is 2.70 bits per heavy atom. The van der Waals surface area contributed by atoms with Gasteiger partial charge in [0.25, 0.3) is 5.91 Å². The van der Waals surface area contributed by atoms with Gasteiger partial charge in [-0.25, -0.2) is 0 Å². The van der Waals surface area contributed by atoms with E-state index in [1.165, 1.54) is 0 Å². The summed E-state index contributed by atoms with van der Waals surface area (Å²) in [6.07, 6.45) is 0.762. The largest absolute Gasteiger partial charge is 0.454 e. The third-order valence-corrected chi connectivity index (χ3v) is 3.65. The van der Waals surface area contributed by atoms with Crippen LogP contribution in [0.3, 0.4) is 0 Å². The van der Waals surface area contributed by atoms with Crippen LogP contribution in [0.2, 0.25) is 0 Å². The van der Waals surface area contributed by atoms with Crippen molar-refractivity contribution in [2.24, 2.45) is 0 Å². The predicted octanol–water partition coefficient (Wildman–Crippen LogP) is 2.26. The van der Waals surface area contributed by atoms with Gasteiger partial charge in [-0.2, -0.15) is 0 Å². The summed E-state index contributed by atoms with van der Waals surface area (Å²) in [6, 6.07) is 14.8. The molecule has 0 saturated carbocycles. The molecule has 1 amide bonds. The summed E-state index contributed by atoms with van der Waals surface area (Å²) < 4.78 is 10.6. The summed E-state index contributed by atoms with van der Waals surface area (Å²) in [5.74, 6) is 1.32. The molecule has 0 bridgehead atoms. The summed E-state index contributed by atoms with van der Waals surface area (Å²) in [6.45, 7) is 0.889. The van der Waals surface area contributed by atoms with Crippen molar-refractivity contribution in [2.45, 2.75) is 6.42 Å². The van der Waals surface area contributed by atoms with Crippen LogP contribution < -0.4 is 20.1 Å². The fourth-order valence-corrected chi connectivity index (χ4v) is 2.42. The molecular formula is C17H16N2O3S. The molecule has 0 aromatic heterocycles. The Labute approximate surface area is 139 Å². The highest BCUT2D eigenvalue weighted by molar-refractivity contribution is 7.80. The first-order valence-electron chi connectivity index (χ1n) is 7.25. The maximum Gasteiger partial charge on any atom is 0.257 e. The van der Waals surface area contributed by atoms with Gasteiger partial charge in [0.1, 0.15) is 0 Å². The lowest BCUT2D eigenvalue weighted by molar-refractivity contribution is 0.0976. The normalized spacial score (nSPS) is 11.8. The Hall–Kier alpha value is -2.60.